The van der Waals surface area contributed by atoms with Gasteiger partial charge in [-0.3, -0.25) is 0 Å². The van der Waals surface area contributed by atoms with E-state index in [1.165, 1.54) is 0 Å². The maximum absolute atomic E-state index is 6.18. The van der Waals surface area contributed by atoms with Gasteiger partial charge >= 0.3 is 0 Å². The number of aromatic nitrogens is 2. The molecule has 0 fully saturated rings. The fourth-order valence-corrected chi connectivity index (χ4v) is 3.32. The monoisotopic (exact) mass is 398 g/mol. The van der Waals surface area contributed by atoms with Gasteiger partial charge in [-0.2, -0.15) is 0 Å². The Morgan fingerprint density at radius 1 is 0.862 bits per heavy atom. The van der Waals surface area contributed by atoms with Gasteiger partial charge in [0.2, 0.25) is 11.8 Å². The lowest BCUT2D eigenvalue weighted by molar-refractivity contribution is 0.133. The van der Waals surface area contributed by atoms with Crippen LogP contribution in [0.3, 0.4) is 0 Å². The Hall–Kier alpha value is -2.10. The second-order valence-electron chi connectivity index (χ2n) is 9.51. The van der Waals surface area contributed by atoms with Crippen LogP contribution in [-0.2, 0) is 5.41 Å². The quantitative estimate of drug-likeness (QED) is 0.464. The molecule has 0 spiro atoms. The molecule has 0 aliphatic carbocycles. The first-order valence-corrected chi connectivity index (χ1v) is 10.8. The molecule has 2 aromatic heterocycles. The molecule has 2 unspecified atom stereocenters. The summed E-state index contributed by atoms with van der Waals surface area (Å²) < 4.78 is 12.0. The zero-order valence-electron chi connectivity index (χ0n) is 19.4. The third kappa shape index (κ3) is 7.02. The van der Waals surface area contributed by atoms with Gasteiger partial charge in [-0.1, -0.05) is 60.6 Å². The van der Waals surface area contributed by atoms with Crippen LogP contribution in [0.1, 0.15) is 79.1 Å². The van der Waals surface area contributed by atoms with Gasteiger partial charge in [-0.25, -0.2) is 9.97 Å². The minimum atomic E-state index is -0.0819. The summed E-state index contributed by atoms with van der Waals surface area (Å²) in [5, 5.41) is 0. The van der Waals surface area contributed by atoms with Crippen LogP contribution in [0.15, 0.2) is 36.4 Å². The molecule has 0 N–H and O–H groups in total. The first kappa shape index (κ1) is 23.2. The summed E-state index contributed by atoms with van der Waals surface area (Å²) in [5.41, 5.74) is 2.03. The standard InChI is InChI=1S/C25H38N2O2/c1-17(2)16-28-23-13-10-12-22(27-23)25(7,8)15-19(5)20(6)29-24-14-9-11-21(26-24)18(3)4/h9-14,17-20H,15-16H2,1-8H3. The van der Waals surface area contributed by atoms with Gasteiger partial charge in [-0.15, -0.1) is 0 Å². The van der Waals surface area contributed by atoms with Crippen molar-refractivity contribution < 1.29 is 9.47 Å². The Morgan fingerprint density at radius 3 is 2.17 bits per heavy atom. The molecule has 160 valence electrons. The molecule has 2 rings (SSSR count). The highest BCUT2D eigenvalue weighted by Gasteiger charge is 2.28. The van der Waals surface area contributed by atoms with Gasteiger partial charge in [0.25, 0.3) is 0 Å². The number of nitrogens with zero attached hydrogens (tertiary/aromatic N) is 2. The van der Waals surface area contributed by atoms with E-state index >= 15 is 0 Å². The molecular formula is C25H38N2O2. The third-order valence-corrected chi connectivity index (χ3v) is 5.26. The van der Waals surface area contributed by atoms with Gasteiger partial charge in [0.05, 0.1) is 12.3 Å². The van der Waals surface area contributed by atoms with Crippen molar-refractivity contribution in [2.75, 3.05) is 6.61 Å². The molecule has 2 aromatic rings. The Bertz CT molecular complexity index is 771. The second kappa shape index (κ2) is 10.1. The van der Waals surface area contributed by atoms with E-state index < -0.39 is 0 Å². The molecule has 2 heterocycles. The van der Waals surface area contributed by atoms with E-state index in [0.717, 1.165) is 17.8 Å². The van der Waals surface area contributed by atoms with E-state index in [9.17, 15) is 0 Å². The van der Waals surface area contributed by atoms with Crippen LogP contribution in [0.5, 0.6) is 11.8 Å². The van der Waals surface area contributed by atoms with Gasteiger partial charge < -0.3 is 9.47 Å². The van der Waals surface area contributed by atoms with Crippen molar-refractivity contribution in [1.29, 1.82) is 0 Å². The third-order valence-electron chi connectivity index (χ3n) is 5.26. The average Bonchev–Trinajstić information content (AvgIpc) is 2.66. The molecule has 0 aliphatic rings. The lowest BCUT2D eigenvalue weighted by atomic mass is 9.79. The van der Waals surface area contributed by atoms with Crippen LogP contribution < -0.4 is 9.47 Å². The van der Waals surface area contributed by atoms with Gasteiger partial charge in [0, 0.05) is 23.2 Å². The summed E-state index contributed by atoms with van der Waals surface area (Å²) in [4.78, 5) is 9.41. The number of rotatable bonds is 10. The second-order valence-corrected chi connectivity index (χ2v) is 9.51. The van der Waals surface area contributed by atoms with Crippen molar-refractivity contribution in [3.05, 3.63) is 47.8 Å². The van der Waals surface area contributed by atoms with Crippen molar-refractivity contribution >= 4 is 0 Å². The molecule has 0 amide bonds. The Balaban J connectivity index is 2.03. The van der Waals surface area contributed by atoms with Crippen LogP contribution in [0, 0.1) is 11.8 Å². The molecule has 0 aromatic carbocycles. The zero-order valence-corrected chi connectivity index (χ0v) is 19.4. The molecule has 0 saturated heterocycles. The Morgan fingerprint density at radius 2 is 1.52 bits per heavy atom. The molecule has 0 saturated carbocycles. The summed E-state index contributed by atoms with van der Waals surface area (Å²) in [6.07, 6.45) is 1.02. The predicted molar refractivity (Wildman–Crippen MR) is 120 cm³/mol. The first-order valence-electron chi connectivity index (χ1n) is 10.8. The van der Waals surface area contributed by atoms with Crippen molar-refractivity contribution in [1.82, 2.24) is 9.97 Å². The number of ether oxygens (including phenoxy) is 2. The molecule has 0 bridgehead atoms. The maximum atomic E-state index is 6.18. The van der Waals surface area contributed by atoms with E-state index in [1.807, 2.05) is 24.3 Å². The normalized spacial score (nSPS) is 14.1. The summed E-state index contributed by atoms with van der Waals surface area (Å²) in [6, 6.07) is 12.1. The zero-order chi connectivity index (χ0) is 21.6. The lowest BCUT2D eigenvalue weighted by Crippen LogP contribution is -2.30. The number of hydrogen-bond donors (Lipinski definition) is 0. The van der Waals surface area contributed by atoms with Crippen LogP contribution in [0.25, 0.3) is 0 Å². The topological polar surface area (TPSA) is 44.2 Å². The van der Waals surface area contributed by atoms with Gasteiger partial charge in [0.1, 0.15) is 6.10 Å². The lowest BCUT2D eigenvalue weighted by Gasteiger charge is -2.31. The summed E-state index contributed by atoms with van der Waals surface area (Å²) in [6.45, 7) is 18.1. The van der Waals surface area contributed by atoms with E-state index in [0.29, 0.717) is 36.1 Å². The van der Waals surface area contributed by atoms with Crippen LogP contribution in [-0.4, -0.2) is 22.7 Å². The fraction of sp³-hybridized carbons (Fsp3) is 0.600. The van der Waals surface area contributed by atoms with Crippen molar-refractivity contribution in [3.8, 4) is 11.8 Å². The van der Waals surface area contributed by atoms with E-state index in [-0.39, 0.29) is 11.5 Å². The highest BCUT2D eigenvalue weighted by Crippen LogP contribution is 2.32. The first-order chi connectivity index (χ1) is 13.6. The highest BCUT2D eigenvalue weighted by atomic mass is 16.5. The summed E-state index contributed by atoms with van der Waals surface area (Å²) >= 11 is 0. The largest absolute Gasteiger partial charge is 0.477 e. The van der Waals surface area contributed by atoms with Crippen LogP contribution >= 0.6 is 0 Å². The molecule has 0 radical (unpaired) electrons. The summed E-state index contributed by atoms with van der Waals surface area (Å²) in [7, 11) is 0. The SMILES string of the molecule is CC(C)COc1cccc(C(C)(C)CC(C)C(C)Oc2cccc(C(C)C)n2)n1. The van der Waals surface area contributed by atoms with Crippen molar-refractivity contribution in [2.24, 2.45) is 11.8 Å². The molecule has 4 nitrogen and oxygen atoms in total. The van der Waals surface area contributed by atoms with Crippen LogP contribution in [0.2, 0.25) is 0 Å². The molecule has 29 heavy (non-hydrogen) atoms. The van der Waals surface area contributed by atoms with E-state index in [4.69, 9.17) is 14.5 Å². The highest BCUT2D eigenvalue weighted by molar-refractivity contribution is 5.22. The van der Waals surface area contributed by atoms with E-state index in [2.05, 4.69) is 72.5 Å². The Kier molecular flexibility index (Phi) is 8.06. The molecule has 0 aliphatic heterocycles. The van der Waals surface area contributed by atoms with Crippen molar-refractivity contribution in [2.45, 2.75) is 79.2 Å². The van der Waals surface area contributed by atoms with Crippen LogP contribution in [0.4, 0.5) is 0 Å². The predicted octanol–water partition coefficient (Wildman–Crippen LogP) is 6.41. The number of pyridine rings is 2. The smallest absolute Gasteiger partial charge is 0.213 e. The maximum Gasteiger partial charge on any atom is 0.213 e. The Labute approximate surface area is 177 Å². The van der Waals surface area contributed by atoms with E-state index in [1.54, 1.807) is 0 Å². The van der Waals surface area contributed by atoms with Gasteiger partial charge in [-0.05, 0) is 43.2 Å². The molecule has 2 atom stereocenters. The fourth-order valence-electron chi connectivity index (χ4n) is 3.32. The van der Waals surface area contributed by atoms with Gasteiger partial charge in [0.15, 0.2) is 0 Å². The minimum Gasteiger partial charge on any atom is -0.477 e. The average molecular weight is 399 g/mol. The van der Waals surface area contributed by atoms with Crippen molar-refractivity contribution in [3.63, 3.8) is 0 Å². The minimum absolute atomic E-state index is 0.0598. The number of hydrogen-bond acceptors (Lipinski definition) is 4. The molecular weight excluding hydrogens is 360 g/mol. The molecule has 4 heteroatoms. The summed E-state index contributed by atoms with van der Waals surface area (Å²) in [5.74, 6) is 2.62.